The third-order valence-corrected chi connectivity index (χ3v) is 7.84. The number of benzene rings is 2. The molecule has 0 aliphatic heterocycles. The zero-order valence-corrected chi connectivity index (χ0v) is 28.0. The minimum atomic E-state index is -0.295. The minimum absolute atomic E-state index is 0.0916. The van der Waals surface area contributed by atoms with Crippen LogP contribution in [-0.2, 0) is 41.4 Å². The first-order valence-corrected chi connectivity index (χ1v) is 16.1. The first kappa shape index (κ1) is 37.1. The molecule has 0 bridgehead atoms. The molecule has 0 spiro atoms. The summed E-state index contributed by atoms with van der Waals surface area (Å²) < 4.78 is 21.8. The van der Waals surface area contributed by atoms with E-state index in [1.54, 1.807) is 0 Å². The molecule has 2 N–H and O–H groups in total. The highest BCUT2D eigenvalue weighted by Crippen LogP contribution is 2.37. The highest BCUT2D eigenvalue weighted by Gasteiger charge is 2.21. The summed E-state index contributed by atoms with van der Waals surface area (Å²) >= 11 is 0. The van der Waals surface area contributed by atoms with Crippen LogP contribution in [-0.4, -0.2) is 61.8 Å². The van der Waals surface area contributed by atoms with Crippen LogP contribution in [0.1, 0.15) is 125 Å². The first-order chi connectivity index (χ1) is 20.9. The van der Waals surface area contributed by atoms with Gasteiger partial charge in [0.1, 0.15) is 24.7 Å². The van der Waals surface area contributed by atoms with Crippen LogP contribution >= 0.6 is 0 Å². The highest BCUT2D eigenvalue weighted by atomic mass is 16.6. The van der Waals surface area contributed by atoms with Crippen molar-refractivity contribution in [2.45, 2.75) is 105 Å². The molecule has 2 rings (SSSR count). The molecule has 44 heavy (non-hydrogen) atoms. The molecule has 0 fully saturated rings. The molecule has 2 aromatic carbocycles. The van der Waals surface area contributed by atoms with Crippen molar-refractivity contribution in [3.8, 4) is 11.5 Å². The van der Waals surface area contributed by atoms with Crippen LogP contribution in [0.25, 0.3) is 0 Å². The van der Waals surface area contributed by atoms with Gasteiger partial charge in [0.15, 0.2) is 0 Å². The lowest BCUT2D eigenvalue weighted by Gasteiger charge is -2.22. The molecule has 8 heteroatoms. The van der Waals surface area contributed by atoms with E-state index >= 15 is 0 Å². The zero-order valence-electron chi connectivity index (χ0n) is 28.0. The number of aromatic hydroxyl groups is 2. The summed E-state index contributed by atoms with van der Waals surface area (Å²) in [5.41, 5.74) is 5.36. The van der Waals surface area contributed by atoms with Gasteiger partial charge >= 0.3 is 11.9 Å². The number of phenolic OH excluding ortho intramolecular Hbond substituents is 2. The van der Waals surface area contributed by atoms with Gasteiger partial charge in [0, 0.05) is 18.9 Å². The van der Waals surface area contributed by atoms with Crippen LogP contribution in [0, 0.1) is 0 Å². The van der Waals surface area contributed by atoms with Crippen LogP contribution < -0.4 is 0 Å². The average molecular weight is 615 g/mol. The molecular formula is C36H54O8. The number of ether oxygens (including phenoxy) is 4. The number of carbonyl (C=O) groups is 2. The summed E-state index contributed by atoms with van der Waals surface area (Å²) in [6.07, 6.45) is 1.75. The normalized spacial score (nSPS) is 12.9. The lowest BCUT2D eigenvalue weighted by Crippen LogP contribution is -2.15. The quantitative estimate of drug-likeness (QED) is 0.125. The molecule has 2 aromatic rings. The van der Waals surface area contributed by atoms with Gasteiger partial charge in [-0.15, -0.1) is 0 Å². The second kappa shape index (κ2) is 18.6. The molecule has 8 nitrogen and oxygen atoms in total. The molecule has 0 saturated heterocycles. The summed E-state index contributed by atoms with van der Waals surface area (Å²) in [5, 5.41) is 21.5. The van der Waals surface area contributed by atoms with E-state index in [4.69, 9.17) is 18.9 Å². The summed E-state index contributed by atoms with van der Waals surface area (Å²) in [7, 11) is 0. The fourth-order valence-electron chi connectivity index (χ4n) is 5.11. The van der Waals surface area contributed by atoms with Crippen molar-refractivity contribution in [1.29, 1.82) is 0 Å². The smallest absolute Gasteiger partial charge is 0.306 e. The Kier molecular flexibility index (Phi) is 15.7. The van der Waals surface area contributed by atoms with Crippen molar-refractivity contribution in [1.82, 2.24) is 0 Å². The Balaban J connectivity index is 1.90. The van der Waals surface area contributed by atoms with Gasteiger partial charge in [-0.05, 0) is 70.9 Å². The third-order valence-electron chi connectivity index (χ3n) is 7.84. The highest BCUT2D eigenvalue weighted by molar-refractivity contribution is 5.71. The van der Waals surface area contributed by atoms with Crippen molar-refractivity contribution in [3.05, 3.63) is 57.6 Å². The lowest BCUT2D eigenvalue weighted by atomic mass is 9.86. The van der Waals surface area contributed by atoms with Gasteiger partial charge in [0.2, 0.25) is 0 Å². The number of aryl methyl sites for hydroxylation is 2. The van der Waals surface area contributed by atoms with Crippen molar-refractivity contribution < 1.29 is 38.7 Å². The summed E-state index contributed by atoms with van der Waals surface area (Å²) in [6.45, 7) is 17.9. The monoisotopic (exact) mass is 614 g/mol. The third kappa shape index (κ3) is 11.4. The van der Waals surface area contributed by atoms with Crippen LogP contribution in [0.4, 0.5) is 0 Å². The van der Waals surface area contributed by atoms with Crippen molar-refractivity contribution in [2.24, 2.45) is 0 Å². The second-order valence-electron chi connectivity index (χ2n) is 12.1. The molecule has 0 aliphatic rings. The van der Waals surface area contributed by atoms with Crippen LogP contribution in [0.5, 0.6) is 11.5 Å². The number of hydrogen-bond acceptors (Lipinski definition) is 8. The molecule has 2 atom stereocenters. The van der Waals surface area contributed by atoms with Gasteiger partial charge in [-0.3, -0.25) is 9.59 Å². The van der Waals surface area contributed by atoms with E-state index in [0.29, 0.717) is 32.0 Å². The molecule has 0 amide bonds. The predicted octanol–water partition coefficient (Wildman–Crippen LogP) is 7.28. The van der Waals surface area contributed by atoms with Gasteiger partial charge in [-0.25, -0.2) is 0 Å². The van der Waals surface area contributed by atoms with Gasteiger partial charge in [-0.1, -0.05) is 72.7 Å². The van der Waals surface area contributed by atoms with Gasteiger partial charge < -0.3 is 29.2 Å². The Labute approximate surface area is 264 Å². The Morgan fingerprint density at radius 1 is 0.705 bits per heavy atom. The number of hydrogen-bond donors (Lipinski definition) is 2. The molecule has 0 radical (unpaired) electrons. The average Bonchev–Trinajstić information content (AvgIpc) is 2.98. The Bertz CT molecular complexity index is 1200. The van der Waals surface area contributed by atoms with E-state index in [0.717, 1.165) is 39.8 Å². The second-order valence-corrected chi connectivity index (χ2v) is 12.1. The van der Waals surface area contributed by atoms with E-state index < -0.39 is 0 Å². The first-order valence-electron chi connectivity index (χ1n) is 16.1. The maximum atomic E-state index is 12.4. The largest absolute Gasteiger partial charge is 0.507 e. The maximum absolute atomic E-state index is 12.4. The number of carbonyl (C=O) groups excluding carboxylic acids is 2. The summed E-state index contributed by atoms with van der Waals surface area (Å²) in [6, 6.07) is 7.86. The van der Waals surface area contributed by atoms with Gasteiger partial charge in [0.25, 0.3) is 0 Å². The lowest BCUT2D eigenvalue weighted by molar-refractivity contribution is -0.146. The van der Waals surface area contributed by atoms with Crippen molar-refractivity contribution in [3.63, 3.8) is 0 Å². The van der Waals surface area contributed by atoms with Gasteiger partial charge in [-0.2, -0.15) is 0 Å². The Morgan fingerprint density at radius 2 is 1.30 bits per heavy atom. The van der Waals surface area contributed by atoms with Crippen LogP contribution in [0.2, 0.25) is 0 Å². The van der Waals surface area contributed by atoms with E-state index in [2.05, 4.69) is 0 Å². The SMILES string of the molecule is CCOCCOC(=O)CC(C)c1cc(C(C)C)c(O)c(C(C)COCCOC(=O)CCc2cc(CC)c(O)c(C(C)C)c2)c1. The Hall–Kier alpha value is -3.10. The van der Waals surface area contributed by atoms with Crippen LogP contribution in [0.15, 0.2) is 24.3 Å². The zero-order chi connectivity index (χ0) is 32.8. The molecule has 0 aliphatic carbocycles. The van der Waals surface area contributed by atoms with Crippen molar-refractivity contribution >= 4 is 11.9 Å². The molecule has 0 saturated carbocycles. The number of esters is 2. The fourth-order valence-corrected chi connectivity index (χ4v) is 5.11. The maximum Gasteiger partial charge on any atom is 0.306 e. The number of phenols is 2. The van der Waals surface area contributed by atoms with E-state index in [1.165, 1.54) is 0 Å². The number of rotatable bonds is 19. The molecule has 2 unspecified atom stereocenters. The van der Waals surface area contributed by atoms with Crippen molar-refractivity contribution in [2.75, 3.05) is 39.6 Å². The Morgan fingerprint density at radius 3 is 1.91 bits per heavy atom. The molecule has 0 aromatic heterocycles. The topological polar surface area (TPSA) is 112 Å². The minimum Gasteiger partial charge on any atom is -0.507 e. The van der Waals surface area contributed by atoms with Crippen LogP contribution in [0.3, 0.4) is 0 Å². The summed E-state index contributed by atoms with van der Waals surface area (Å²) in [4.78, 5) is 24.7. The summed E-state index contributed by atoms with van der Waals surface area (Å²) in [5.74, 6) is 0.101. The molecular weight excluding hydrogens is 560 g/mol. The van der Waals surface area contributed by atoms with Gasteiger partial charge in [0.05, 0.1) is 26.2 Å². The standard InChI is InChI=1S/C36H54O8/c1-9-28-18-27(19-30(23(3)4)35(28)39)11-12-33(37)43-16-14-42-22-26(8)32-21-29(20-31(24(5)6)36(32)40)25(7)17-34(38)44-15-13-41-10-2/h18-21,23-26,39-40H,9-17,22H2,1-8H3. The fraction of sp³-hybridized carbons (Fsp3) is 0.611. The van der Waals surface area contributed by atoms with E-state index in [-0.39, 0.29) is 74.0 Å². The van der Waals surface area contributed by atoms with E-state index in [9.17, 15) is 19.8 Å². The molecule has 0 heterocycles. The predicted molar refractivity (Wildman–Crippen MR) is 173 cm³/mol. The molecule has 246 valence electrons. The van der Waals surface area contributed by atoms with E-state index in [1.807, 2.05) is 79.7 Å².